The number of hydrogen-bond donors (Lipinski definition) is 1. The molecule has 0 saturated carbocycles. The molecule has 8 heteroatoms. The molecular weight excluding hydrogens is 312 g/mol. The zero-order valence-corrected chi connectivity index (χ0v) is 12.0. The van der Waals surface area contributed by atoms with E-state index < -0.39 is 6.61 Å². The first-order valence-corrected chi connectivity index (χ1v) is 7.17. The number of ether oxygens (including phenoxy) is 1. The average Bonchev–Trinajstić information content (AvgIpc) is 3.10. The van der Waals surface area contributed by atoms with E-state index in [2.05, 4.69) is 14.9 Å². The van der Waals surface area contributed by atoms with Gasteiger partial charge < -0.3 is 4.74 Å². The molecule has 2 heterocycles. The lowest BCUT2D eigenvalue weighted by atomic mass is 10.2. The van der Waals surface area contributed by atoms with Crippen LogP contribution in [0.1, 0.15) is 4.88 Å². The molecule has 1 N–H and O–H groups in total. The summed E-state index contributed by atoms with van der Waals surface area (Å²) in [6.07, 6.45) is 1.44. The van der Waals surface area contributed by atoms with Gasteiger partial charge in [-0.05, 0) is 42.0 Å². The largest absolute Gasteiger partial charge is 0.435 e. The second-order valence-corrected chi connectivity index (χ2v) is 5.63. The lowest BCUT2D eigenvalue weighted by Crippen LogP contribution is -2.16. The highest BCUT2D eigenvalue weighted by Gasteiger charge is 2.07. The first-order chi connectivity index (χ1) is 10.6. The van der Waals surface area contributed by atoms with Crippen molar-refractivity contribution >= 4 is 11.3 Å². The Labute approximate surface area is 127 Å². The quantitative estimate of drug-likeness (QED) is 0.785. The minimum atomic E-state index is -2.83. The molecule has 0 aliphatic heterocycles. The van der Waals surface area contributed by atoms with Gasteiger partial charge in [0.15, 0.2) is 0 Å². The SMILES string of the molecule is O=c1[nH]ncn1Cc1ccc(-c2ccc(OC(F)F)cc2)s1. The van der Waals surface area contributed by atoms with Crippen molar-refractivity contribution in [2.75, 3.05) is 0 Å². The standard InChI is InChI=1S/C14H11F2N3O2S/c15-13(16)21-10-3-1-9(2-4-10)12-6-5-11(22-12)7-19-8-17-18-14(19)20/h1-6,8,13H,7H2,(H,18,20). The van der Waals surface area contributed by atoms with Crippen LogP contribution >= 0.6 is 11.3 Å². The Kier molecular flexibility index (Phi) is 4.01. The monoisotopic (exact) mass is 323 g/mol. The molecule has 0 spiro atoms. The van der Waals surface area contributed by atoms with E-state index in [0.717, 1.165) is 15.3 Å². The third-order valence-corrected chi connectivity index (χ3v) is 4.09. The normalized spacial score (nSPS) is 11.0. The summed E-state index contributed by atoms with van der Waals surface area (Å²) in [5.41, 5.74) is 0.640. The number of aromatic nitrogens is 3. The van der Waals surface area contributed by atoms with Crippen LogP contribution in [0.4, 0.5) is 8.78 Å². The molecule has 114 valence electrons. The second-order valence-electron chi connectivity index (χ2n) is 4.46. The first-order valence-electron chi connectivity index (χ1n) is 6.35. The molecule has 0 aliphatic carbocycles. The molecule has 1 aromatic carbocycles. The summed E-state index contributed by atoms with van der Waals surface area (Å²) >= 11 is 1.52. The number of halogens is 2. The zero-order chi connectivity index (χ0) is 15.5. The molecule has 0 bridgehead atoms. The summed E-state index contributed by atoms with van der Waals surface area (Å²) in [6.45, 7) is -2.39. The lowest BCUT2D eigenvalue weighted by molar-refractivity contribution is -0.0498. The number of aromatic amines is 1. The fourth-order valence-corrected chi connectivity index (χ4v) is 2.98. The summed E-state index contributed by atoms with van der Waals surface area (Å²) in [7, 11) is 0. The van der Waals surface area contributed by atoms with Crippen molar-refractivity contribution in [3.63, 3.8) is 0 Å². The Bertz CT molecular complexity index is 808. The third kappa shape index (κ3) is 3.22. The van der Waals surface area contributed by atoms with E-state index in [4.69, 9.17) is 0 Å². The Morgan fingerprint density at radius 2 is 2.00 bits per heavy atom. The summed E-state index contributed by atoms with van der Waals surface area (Å²) < 4.78 is 30.0. The molecule has 0 unspecified atom stereocenters. The molecule has 3 aromatic rings. The maximum absolute atomic E-state index is 12.1. The van der Waals surface area contributed by atoms with Crippen LogP contribution in [0.2, 0.25) is 0 Å². The van der Waals surface area contributed by atoms with Crippen molar-refractivity contribution in [2.45, 2.75) is 13.2 Å². The maximum Gasteiger partial charge on any atom is 0.387 e. The predicted octanol–water partition coefficient (Wildman–Crippen LogP) is 2.95. The number of H-pyrrole nitrogens is 1. The van der Waals surface area contributed by atoms with Gasteiger partial charge >= 0.3 is 12.3 Å². The van der Waals surface area contributed by atoms with Gasteiger partial charge in [0.25, 0.3) is 0 Å². The molecule has 0 aliphatic rings. The van der Waals surface area contributed by atoms with E-state index in [1.165, 1.54) is 34.4 Å². The summed E-state index contributed by atoms with van der Waals surface area (Å²) in [5.74, 6) is 0.125. The molecule has 2 aromatic heterocycles. The van der Waals surface area contributed by atoms with Gasteiger partial charge in [0.2, 0.25) is 0 Å². The van der Waals surface area contributed by atoms with E-state index in [0.29, 0.717) is 6.54 Å². The number of alkyl halides is 2. The molecule has 0 atom stereocenters. The molecule has 22 heavy (non-hydrogen) atoms. The minimum Gasteiger partial charge on any atom is -0.435 e. The van der Waals surface area contributed by atoms with Crippen LogP contribution in [-0.4, -0.2) is 21.4 Å². The Hall–Kier alpha value is -2.48. The number of hydrogen-bond acceptors (Lipinski definition) is 4. The highest BCUT2D eigenvalue weighted by molar-refractivity contribution is 7.15. The number of nitrogens with one attached hydrogen (secondary N) is 1. The topological polar surface area (TPSA) is 59.9 Å². The number of thiophene rings is 1. The Morgan fingerprint density at radius 3 is 2.64 bits per heavy atom. The first kappa shape index (κ1) is 14.5. The van der Waals surface area contributed by atoms with Crippen molar-refractivity contribution in [3.05, 3.63) is 58.1 Å². The number of benzene rings is 1. The van der Waals surface area contributed by atoms with E-state index in [-0.39, 0.29) is 11.4 Å². The van der Waals surface area contributed by atoms with Crippen LogP contribution in [0.3, 0.4) is 0 Å². The Morgan fingerprint density at radius 1 is 1.23 bits per heavy atom. The van der Waals surface area contributed by atoms with Crippen LogP contribution < -0.4 is 10.4 Å². The fourth-order valence-electron chi connectivity index (χ4n) is 1.97. The lowest BCUT2D eigenvalue weighted by Gasteiger charge is -2.04. The molecular formula is C14H11F2N3O2S. The average molecular weight is 323 g/mol. The molecule has 0 saturated heterocycles. The Balaban J connectivity index is 1.76. The van der Waals surface area contributed by atoms with Gasteiger partial charge in [0, 0.05) is 9.75 Å². The van der Waals surface area contributed by atoms with Gasteiger partial charge in [0.05, 0.1) is 6.54 Å². The summed E-state index contributed by atoms with van der Waals surface area (Å²) in [4.78, 5) is 13.4. The minimum absolute atomic E-state index is 0.125. The molecule has 0 amide bonds. The van der Waals surface area contributed by atoms with Crippen molar-refractivity contribution in [1.29, 1.82) is 0 Å². The number of rotatable bonds is 5. The van der Waals surface area contributed by atoms with Gasteiger partial charge in [-0.2, -0.15) is 13.9 Å². The van der Waals surface area contributed by atoms with E-state index in [1.54, 1.807) is 12.1 Å². The summed E-state index contributed by atoms with van der Waals surface area (Å²) in [6, 6.07) is 10.3. The van der Waals surface area contributed by atoms with Gasteiger partial charge in [-0.3, -0.25) is 4.57 Å². The van der Waals surface area contributed by atoms with Gasteiger partial charge in [0.1, 0.15) is 12.1 Å². The van der Waals surface area contributed by atoms with Crippen LogP contribution in [0.5, 0.6) is 5.75 Å². The van der Waals surface area contributed by atoms with Gasteiger partial charge in [-0.25, -0.2) is 9.89 Å². The van der Waals surface area contributed by atoms with Crippen LogP contribution in [0.15, 0.2) is 47.5 Å². The van der Waals surface area contributed by atoms with Crippen molar-refractivity contribution < 1.29 is 13.5 Å². The van der Waals surface area contributed by atoms with E-state index >= 15 is 0 Å². The van der Waals surface area contributed by atoms with Crippen LogP contribution in [-0.2, 0) is 6.54 Å². The summed E-state index contributed by atoms with van der Waals surface area (Å²) in [5, 5.41) is 6.01. The molecule has 0 radical (unpaired) electrons. The van der Waals surface area contributed by atoms with Gasteiger partial charge in [-0.15, -0.1) is 11.3 Å². The van der Waals surface area contributed by atoms with Crippen molar-refractivity contribution in [2.24, 2.45) is 0 Å². The molecule has 3 rings (SSSR count). The predicted molar refractivity (Wildman–Crippen MR) is 78.3 cm³/mol. The van der Waals surface area contributed by atoms with E-state index in [1.807, 2.05) is 12.1 Å². The zero-order valence-electron chi connectivity index (χ0n) is 11.2. The smallest absolute Gasteiger partial charge is 0.387 e. The fraction of sp³-hybridized carbons (Fsp3) is 0.143. The van der Waals surface area contributed by atoms with E-state index in [9.17, 15) is 13.6 Å². The van der Waals surface area contributed by atoms with Crippen molar-refractivity contribution in [3.8, 4) is 16.2 Å². The van der Waals surface area contributed by atoms with Crippen LogP contribution in [0, 0.1) is 0 Å². The highest BCUT2D eigenvalue weighted by atomic mass is 32.1. The number of nitrogens with zero attached hydrogens (tertiary/aromatic N) is 2. The maximum atomic E-state index is 12.1. The van der Waals surface area contributed by atoms with Crippen molar-refractivity contribution in [1.82, 2.24) is 14.8 Å². The molecule has 0 fully saturated rings. The van der Waals surface area contributed by atoms with Crippen LogP contribution in [0.25, 0.3) is 10.4 Å². The second kappa shape index (κ2) is 6.10. The highest BCUT2D eigenvalue weighted by Crippen LogP contribution is 2.30. The molecule has 5 nitrogen and oxygen atoms in total. The third-order valence-electron chi connectivity index (χ3n) is 2.97. The van der Waals surface area contributed by atoms with Gasteiger partial charge in [-0.1, -0.05) is 0 Å².